The lowest BCUT2D eigenvalue weighted by Crippen LogP contribution is -1.97. The molecule has 0 heterocycles. The van der Waals surface area contributed by atoms with Crippen molar-refractivity contribution >= 4 is 17.7 Å². The quantitative estimate of drug-likeness (QED) is 0.592. The van der Waals surface area contributed by atoms with Gasteiger partial charge in [-0.15, -0.1) is 11.6 Å². The van der Waals surface area contributed by atoms with Gasteiger partial charge in [0.1, 0.15) is 30.1 Å². The van der Waals surface area contributed by atoms with Gasteiger partial charge in [-0.3, -0.25) is 0 Å². The molecule has 0 aromatic heterocycles. The molecule has 0 unspecified atom stereocenters. The third-order valence-electron chi connectivity index (χ3n) is 1.78. The number of halogens is 1. The van der Waals surface area contributed by atoms with Gasteiger partial charge in [0.2, 0.25) is 0 Å². The molecule has 0 atom stereocenters. The number of hydrogen-bond donors (Lipinski definition) is 0. The molecule has 0 fully saturated rings. The summed E-state index contributed by atoms with van der Waals surface area (Å²) in [6, 6.07) is 10.7. The van der Waals surface area contributed by atoms with E-state index in [1.54, 1.807) is 36.4 Å². The number of ether oxygens (including phenoxy) is 1. The number of nitriles is 2. The highest BCUT2D eigenvalue weighted by atomic mass is 35.5. The number of hydrogen-bond acceptors (Lipinski definition) is 3. The van der Waals surface area contributed by atoms with Gasteiger partial charge in [0, 0.05) is 0 Å². The molecule has 1 aromatic rings. The molecule has 3 nitrogen and oxygen atoms in total. The third kappa shape index (κ3) is 3.65. The van der Waals surface area contributed by atoms with Crippen LogP contribution in [0.4, 0.5) is 0 Å². The van der Waals surface area contributed by atoms with Crippen molar-refractivity contribution in [2.24, 2.45) is 0 Å². The zero-order valence-corrected chi connectivity index (χ0v) is 9.24. The summed E-state index contributed by atoms with van der Waals surface area (Å²) in [5.74, 6) is 1.16. The van der Waals surface area contributed by atoms with Crippen LogP contribution >= 0.6 is 11.6 Å². The Balaban J connectivity index is 2.77. The minimum Gasteiger partial charge on any atom is -0.492 e. The molecular weight excluding hydrogens is 224 g/mol. The number of nitrogens with zero attached hydrogens (tertiary/aromatic N) is 2. The van der Waals surface area contributed by atoms with E-state index in [2.05, 4.69) is 0 Å². The second-order valence-electron chi connectivity index (χ2n) is 2.89. The highest BCUT2D eigenvalue weighted by Crippen LogP contribution is 2.14. The van der Waals surface area contributed by atoms with Crippen LogP contribution in [-0.2, 0) is 0 Å². The SMILES string of the molecule is N#CC(C#N)=Cc1ccc(OCCCl)cc1. The van der Waals surface area contributed by atoms with Crippen molar-refractivity contribution in [2.75, 3.05) is 12.5 Å². The van der Waals surface area contributed by atoms with Crippen molar-refractivity contribution in [1.29, 1.82) is 10.5 Å². The second-order valence-corrected chi connectivity index (χ2v) is 3.27. The first-order valence-corrected chi connectivity index (χ1v) is 5.14. The minimum atomic E-state index is 0.0782. The fourth-order valence-corrected chi connectivity index (χ4v) is 1.15. The van der Waals surface area contributed by atoms with Crippen molar-refractivity contribution in [3.05, 3.63) is 35.4 Å². The summed E-state index contributed by atoms with van der Waals surface area (Å²) in [4.78, 5) is 0. The standard InChI is InChI=1S/C12H9ClN2O/c13-5-6-16-12-3-1-10(2-4-12)7-11(8-14)9-15/h1-4,7H,5-6H2. The summed E-state index contributed by atoms with van der Waals surface area (Å²) in [6.45, 7) is 0.457. The summed E-state index contributed by atoms with van der Waals surface area (Å²) in [5, 5.41) is 17.2. The zero-order chi connectivity index (χ0) is 11.8. The molecule has 0 saturated carbocycles. The van der Waals surface area contributed by atoms with Gasteiger partial charge in [0.05, 0.1) is 5.88 Å². The van der Waals surface area contributed by atoms with E-state index in [0.717, 1.165) is 5.56 Å². The van der Waals surface area contributed by atoms with E-state index < -0.39 is 0 Å². The molecule has 80 valence electrons. The van der Waals surface area contributed by atoms with Crippen molar-refractivity contribution in [1.82, 2.24) is 0 Å². The van der Waals surface area contributed by atoms with Crippen molar-refractivity contribution < 1.29 is 4.74 Å². The predicted molar refractivity (Wildman–Crippen MR) is 61.9 cm³/mol. The van der Waals surface area contributed by atoms with E-state index in [9.17, 15) is 0 Å². The first-order chi connectivity index (χ1) is 7.80. The van der Waals surface area contributed by atoms with E-state index in [4.69, 9.17) is 26.9 Å². The van der Waals surface area contributed by atoms with Gasteiger partial charge in [0.15, 0.2) is 0 Å². The molecule has 1 aromatic carbocycles. The summed E-state index contributed by atoms with van der Waals surface area (Å²) >= 11 is 5.48. The molecule has 0 aliphatic carbocycles. The lowest BCUT2D eigenvalue weighted by Gasteiger charge is -2.03. The number of allylic oxidation sites excluding steroid dienone is 1. The fraction of sp³-hybridized carbons (Fsp3) is 0.167. The van der Waals surface area contributed by atoms with Crippen LogP contribution in [-0.4, -0.2) is 12.5 Å². The van der Waals surface area contributed by atoms with Crippen molar-refractivity contribution in [2.45, 2.75) is 0 Å². The first kappa shape index (κ1) is 12.1. The van der Waals surface area contributed by atoms with Crippen LogP contribution in [0.3, 0.4) is 0 Å². The van der Waals surface area contributed by atoms with Crippen molar-refractivity contribution in [3.63, 3.8) is 0 Å². The lowest BCUT2D eigenvalue weighted by atomic mass is 10.1. The van der Waals surface area contributed by atoms with Gasteiger partial charge in [-0.25, -0.2) is 0 Å². The molecular formula is C12H9ClN2O. The summed E-state index contributed by atoms with van der Waals surface area (Å²) in [7, 11) is 0. The van der Waals surface area contributed by atoms with Gasteiger partial charge >= 0.3 is 0 Å². The van der Waals surface area contributed by atoms with Gasteiger partial charge in [-0.1, -0.05) is 12.1 Å². The zero-order valence-electron chi connectivity index (χ0n) is 8.48. The Morgan fingerprint density at radius 3 is 2.38 bits per heavy atom. The molecule has 0 spiro atoms. The lowest BCUT2D eigenvalue weighted by molar-refractivity contribution is 0.343. The average Bonchev–Trinajstić information content (AvgIpc) is 2.35. The molecule has 0 aliphatic rings. The Kier molecular flexibility index (Phi) is 4.92. The van der Waals surface area contributed by atoms with E-state index >= 15 is 0 Å². The Morgan fingerprint density at radius 1 is 1.25 bits per heavy atom. The van der Waals surface area contributed by atoms with Crippen LogP contribution in [0.1, 0.15) is 5.56 Å². The summed E-state index contributed by atoms with van der Waals surface area (Å²) < 4.78 is 5.29. The largest absolute Gasteiger partial charge is 0.492 e. The molecule has 16 heavy (non-hydrogen) atoms. The maximum atomic E-state index is 8.58. The normalized spacial score (nSPS) is 8.69. The van der Waals surface area contributed by atoms with Crippen LogP contribution in [0.2, 0.25) is 0 Å². The third-order valence-corrected chi connectivity index (χ3v) is 1.93. The van der Waals surface area contributed by atoms with Crippen LogP contribution in [0.15, 0.2) is 29.8 Å². The minimum absolute atomic E-state index is 0.0782. The summed E-state index contributed by atoms with van der Waals surface area (Å²) in [6.07, 6.45) is 1.52. The van der Waals surface area contributed by atoms with Crippen LogP contribution in [0.5, 0.6) is 5.75 Å². The van der Waals surface area contributed by atoms with E-state index in [1.807, 2.05) is 0 Å². The Labute approximate surface area is 99.1 Å². The van der Waals surface area contributed by atoms with Gasteiger partial charge in [0.25, 0.3) is 0 Å². The van der Waals surface area contributed by atoms with E-state index in [1.165, 1.54) is 6.08 Å². The Morgan fingerprint density at radius 2 is 1.88 bits per heavy atom. The van der Waals surface area contributed by atoms with E-state index in [-0.39, 0.29) is 5.57 Å². The van der Waals surface area contributed by atoms with E-state index in [0.29, 0.717) is 18.2 Å². The molecule has 0 saturated heterocycles. The molecule has 0 N–H and O–H groups in total. The maximum absolute atomic E-state index is 8.58. The molecule has 0 radical (unpaired) electrons. The molecule has 1 rings (SSSR count). The number of benzene rings is 1. The Hall–Kier alpha value is -1.97. The highest BCUT2D eigenvalue weighted by molar-refractivity contribution is 6.18. The van der Waals surface area contributed by atoms with Gasteiger partial charge in [-0.2, -0.15) is 10.5 Å². The second kappa shape index (κ2) is 6.50. The number of rotatable bonds is 4. The number of alkyl halides is 1. The molecule has 0 amide bonds. The first-order valence-electron chi connectivity index (χ1n) is 4.61. The predicted octanol–water partition coefficient (Wildman–Crippen LogP) is 2.73. The Bertz CT molecular complexity index is 435. The fourth-order valence-electron chi connectivity index (χ4n) is 1.07. The molecule has 0 aliphatic heterocycles. The van der Waals surface area contributed by atoms with Crippen LogP contribution in [0, 0.1) is 22.7 Å². The maximum Gasteiger partial charge on any atom is 0.130 e. The summed E-state index contributed by atoms with van der Waals surface area (Å²) in [5.41, 5.74) is 0.866. The monoisotopic (exact) mass is 232 g/mol. The van der Waals surface area contributed by atoms with Gasteiger partial charge < -0.3 is 4.74 Å². The van der Waals surface area contributed by atoms with Crippen LogP contribution < -0.4 is 4.74 Å². The van der Waals surface area contributed by atoms with Gasteiger partial charge in [-0.05, 0) is 23.8 Å². The average molecular weight is 233 g/mol. The smallest absolute Gasteiger partial charge is 0.130 e. The van der Waals surface area contributed by atoms with Crippen LogP contribution in [0.25, 0.3) is 6.08 Å². The highest BCUT2D eigenvalue weighted by Gasteiger charge is 1.95. The topological polar surface area (TPSA) is 56.8 Å². The molecule has 4 heteroatoms. The van der Waals surface area contributed by atoms with Crippen molar-refractivity contribution in [3.8, 4) is 17.9 Å². The molecule has 0 bridgehead atoms.